The summed E-state index contributed by atoms with van der Waals surface area (Å²) in [5.74, 6) is -0.139. The first-order valence-electron chi connectivity index (χ1n) is 13.8. The summed E-state index contributed by atoms with van der Waals surface area (Å²) in [6.45, 7) is 3.03. The van der Waals surface area contributed by atoms with E-state index in [2.05, 4.69) is 27.5 Å². The molecular formula is C32H32N6O3S. The Morgan fingerprint density at radius 3 is 2.69 bits per heavy atom. The number of ether oxygens (including phenoxy) is 1. The smallest absolute Gasteiger partial charge is 0.252 e. The van der Waals surface area contributed by atoms with Gasteiger partial charge in [-0.15, -0.1) is 11.3 Å². The minimum absolute atomic E-state index is 0.0389. The van der Waals surface area contributed by atoms with Gasteiger partial charge in [0, 0.05) is 42.2 Å². The molecule has 1 N–H and O–H groups in total. The van der Waals surface area contributed by atoms with E-state index in [-0.39, 0.29) is 18.4 Å². The maximum absolute atomic E-state index is 13.6. The number of carbonyl (C=O) groups is 2. The van der Waals surface area contributed by atoms with Crippen LogP contribution in [0.3, 0.4) is 0 Å². The molecule has 1 aliphatic rings. The van der Waals surface area contributed by atoms with E-state index in [1.807, 2.05) is 54.9 Å². The molecule has 5 aromatic rings. The molecule has 10 heteroatoms. The first-order chi connectivity index (χ1) is 20.3. The predicted molar refractivity (Wildman–Crippen MR) is 162 cm³/mol. The van der Waals surface area contributed by atoms with E-state index in [0.717, 1.165) is 57.4 Å². The number of aryl methyl sites for hydroxylation is 1. The molecule has 0 unspecified atom stereocenters. The zero-order valence-electron chi connectivity index (χ0n) is 23.8. The van der Waals surface area contributed by atoms with Gasteiger partial charge in [-0.3, -0.25) is 14.3 Å². The lowest BCUT2D eigenvalue weighted by molar-refractivity contribution is -0.129. The quantitative estimate of drug-likeness (QED) is 0.247. The van der Waals surface area contributed by atoms with Gasteiger partial charge >= 0.3 is 0 Å². The van der Waals surface area contributed by atoms with Gasteiger partial charge < -0.3 is 15.0 Å². The van der Waals surface area contributed by atoms with Crippen LogP contribution < -0.4 is 5.32 Å². The minimum atomic E-state index is -0.479. The number of likely N-dealkylation sites (N-methyl/N-ethyl adjacent to an activating group) is 1. The molecule has 1 fully saturated rings. The van der Waals surface area contributed by atoms with Crippen LogP contribution in [0.1, 0.15) is 45.6 Å². The molecule has 6 rings (SSSR count). The van der Waals surface area contributed by atoms with Crippen LogP contribution in [0.2, 0.25) is 0 Å². The molecule has 2 aromatic carbocycles. The van der Waals surface area contributed by atoms with Gasteiger partial charge in [0.05, 0.1) is 47.4 Å². The largest absolute Gasteiger partial charge is 0.370 e. The summed E-state index contributed by atoms with van der Waals surface area (Å²) < 4.78 is 7.42. The van der Waals surface area contributed by atoms with E-state index in [1.54, 1.807) is 46.7 Å². The Bertz CT molecular complexity index is 1760. The number of fused-ring (bicyclic) bond motifs is 1. The van der Waals surface area contributed by atoms with E-state index < -0.39 is 5.54 Å². The first-order valence-corrected chi connectivity index (χ1v) is 14.8. The maximum atomic E-state index is 13.6. The second-order valence-electron chi connectivity index (χ2n) is 10.9. The monoisotopic (exact) mass is 580 g/mol. The summed E-state index contributed by atoms with van der Waals surface area (Å²) in [6, 6.07) is 15.9. The summed E-state index contributed by atoms with van der Waals surface area (Å²) in [5.41, 5.74) is 8.26. The Hall–Kier alpha value is -4.41. The second kappa shape index (κ2) is 11.5. The molecule has 1 aliphatic carbocycles. The van der Waals surface area contributed by atoms with Crippen molar-refractivity contribution in [3.05, 3.63) is 99.8 Å². The van der Waals surface area contributed by atoms with Gasteiger partial charge in [-0.25, -0.2) is 9.97 Å². The van der Waals surface area contributed by atoms with Crippen molar-refractivity contribution >= 4 is 34.1 Å². The molecule has 0 atom stereocenters. The third-order valence-corrected chi connectivity index (χ3v) is 8.23. The van der Waals surface area contributed by atoms with Crippen molar-refractivity contribution < 1.29 is 14.3 Å². The maximum Gasteiger partial charge on any atom is 0.252 e. The second-order valence-corrected chi connectivity index (χ2v) is 11.7. The Morgan fingerprint density at radius 1 is 1.12 bits per heavy atom. The summed E-state index contributed by atoms with van der Waals surface area (Å²) in [6.07, 6.45) is 5.24. The van der Waals surface area contributed by atoms with Gasteiger partial charge in [0.1, 0.15) is 6.54 Å². The van der Waals surface area contributed by atoms with Gasteiger partial charge in [-0.2, -0.15) is 5.10 Å². The normalized spacial score (nSPS) is 13.7. The molecule has 214 valence electrons. The van der Waals surface area contributed by atoms with Crippen LogP contribution in [-0.4, -0.2) is 50.6 Å². The van der Waals surface area contributed by atoms with E-state index in [4.69, 9.17) is 9.72 Å². The number of carbonyl (C=O) groups excluding carboxylic acids is 2. The Morgan fingerprint density at radius 2 is 1.95 bits per heavy atom. The van der Waals surface area contributed by atoms with Gasteiger partial charge in [0.25, 0.3) is 5.91 Å². The Labute approximate surface area is 248 Å². The van der Waals surface area contributed by atoms with Crippen LogP contribution in [0.5, 0.6) is 0 Å². The van der Waals surface area contributed by atoms with Crippen LogP contribution in [-0.2, 0) is 34.8 Å². The van der Waals surface area contributed by atoms with Crippen LogP contribution in [0.25, 0.3) is 22.2 Å². The number of nitrogens with one attached hydrogen (secondary N) is 1. The molecule has 1 saturated carbocycles. The predicted octanol–water partition coefficient (Wildman–Crippen LogP) is 5.09. The topological polar surface area (TPSA) is 102 Å². The molecule has 0 spiro atoms. The molecule has 3 heterocycles. The van der Waals surface area contributed by atoms with Crippen molar-refractivity contribution in [3.63, 3.8) is 0 Å². The lowest BCUT2D eigenvalue weighted by Crippen LogP contribution is -2.35. The number of thiazole rings is 1. The molecule has 0 bridgehead atoms. The van der Waals surface area contributed by atoms with Crippen LogP contribution in [0.15, 0.2) is 71.8 Å². The Kier molecular flexibility index (Phi) is 7.57. The summed E-state index contributed by atoms with van der Waals surface area (Å²) in [7, 11) is 3.45. The van der Waals surface area contributed by atoms with E-state index in [9.17, 15) is 9.59 Å². The number of pyridine rings is 1. The van der Waals surface area contributed by atoms with Gasteiger partial charge in [0.15, 0.2) is 0 Å². The molecule has 0 radical (unpaired) electrons. The number of hydrogen-bond donors (Lipinski definition) is 1. The molecule has 2 amide bonds. The number of para-hydroxylation sites is 1. The lowest BCUT2D eigenvalue weighted by atomic mass is 9.96. The van der Waals surface area contributed by atoms with Gasteiger partial charge in [-0.1, -0.05) is 30.3 Å². The third-order valence-electron chi connectivity index (χ3n) is 7.60. The number of hydrogen-bond acceptors (Lipinski definition) is 7. The molecule has 42 heavy (non-hydrogen) atoms. The van der Waals surface area contributed by atoms with Crippen molar-refractivity contribution in [2.45, 2.75) is 45.1 Å². The Balaban J connectivity index is 1.23. The van der Waals surface area contributed by atoms with Crippen LogP contribution >= 0.6 is 11.3 Å². The van der Waals surface area contributed by atoms with E-state index in [0.29, 0.717) is 18.8 Å². The molecular weight excluding hydrogens is 548 g/mol. The summed E-state index contributed by atoms with van der Waals surface area (Å²) >= 11 is 1.55. The lowest BCUT2D eigenvalue weighted by Gasteiger charge is -2.21. The minimum Gasteiger partial charge on any atom is -0.370 e. The molecule has 9 nitrogen and oxygen atoms in total. The number of benzene rings is 2. The average molecular weight is 581 g/mol. The van der Waals surface area contributed by atoms with E-state index in [1.165, 1.54) is 0 Å². The molecule has 0 saturated heterocycles. The standard InChI is InChI=1S/C32H32N6O3S/c1-21-12-22(17-41-18-24-19-42-20-33-24)8-9-25(21)31(40)36-32(10-11-32)27-13-29(35-28-7-5-4-6-26(27)28)23-14-34-38(15-23)16-30(39)37(2)3/h4-9,12-15,19-20H,10-11,16-18H2,1-3H3,(H,36,40). The fourth-order valence-electron chi connectivity index (χ4n) is 5.11. The highest BCUT2D eigenvalue weighted by molar-refractivity contribution is 7.07. The fraction of sp³-hybridized carbons (Fsp3) is 0.281. The number of nitrogens with zero attached hydrogens (tertiary/aromatic N) is 5. The molecule has 3 aromatic heterocycles. The highest BCUT2D eigenvalue weighted by atomic mass is 32.1. The zero-order chi connectivity index (χ0) is 29.3. The van der Waals surface area contributed by atoms with Crippen molar-refractivity contribution in [2.24, 2.45) is 0 Å². The van der Waals surface area contributed by atoms with E-state index >= 15 is 0 Å². The van der Waals surface area contributed by atoms with Crippen LogP contribution in [0, 0.1) is 6.92 Å². The number of rotatable bonds is 10. The van der Waals surface area contributed by atoms with Crippen molar-refractivity contribution in [1.29, 1.82) is 0 Å². The van der Waals surface area contributed by atoms with Gasteiger partial charge in [-0.05, 0) is 54.7 Å². The SMILES string of the molecule is Cc1cc(COCc2cscn2)ccc1C(=O)NC1(c2cc(-c3cnn(CC(=O)N(C)C)c3)nc3ccccc23)CC1. The van der Waals surface area contributed by atoms with Crippen LogP contribution in [0.4, 0.5) is 0 Å². The third kappa shape index (κ3) is 5.81. The first kappa shape index (κ1) is 27.7. The van der Waals surface area contributed by atoms with Crippen molar-refractivity contribution in [2.75, 3.05) is 14.1 Å². The molecule has 0 aliphatic heterocycles. The summed E-state index contributed by atoms with van der Waals surface area (Å²) in [4.78, 5) is 36.5. The zero-order valence-corrected chi connectivity index (χ0v) is 24.6. The highest BCUT2D eigenvalue weighted by Crippen LogP contribution is 2.48. The summed E-state index contributed by atoms with van der Waals surface area (Å²) in [5, 5.41) is 10.7. The highest BCUT2D eigenvalue weighted by Gasteiger charge is 2.47. The number of aromatic nitrogens is 4. The van der Waals surface area contributed by atoms with Crippen molar-refractivity contribution in [1.82, 2.24) is 30.0 Å². The fourth-order valence-corrected chi connectivity index (χ4v) is 5.65. The average Bonchev–Trinajstić information content (AvgIpc) is 3.32. The number of amides is 2. The van der Waals surface area contributed by atoms with Gasteiger partial charge in [0.2, 0.25) is 5.91 Å². The van der Waals surface area contributed by atoms with Crippen molar-refractivity contribution in [3.8, 4) is 11.3 Å².